The van der Waals surface area contributed by atoms with E-state index in [1.807, 2.05) is 0 Å². The molecule has 2 aromatic rings. The minimum Gasteiger partial charge on any atom is -0.396 e. The Bertz CT molecular complexity index is 834. The molecule has 0 saturated carbocycles. The van der Waals surface area contributed by atoms with Crippen molar-refractivity contribution >= 4 is 46.2 Å². The summed E-state index contributed by atoms with van der Waals surface area (Å²) in [5.41, 5.74) is -0.268. The zero-order valence-electron chi connectivity index (χ0n) is 12.2. The Morgan fingerprint density at radius 2 is 1.96 bits per heavy atom. The molecule has 1 aliphatic heterocycles. The van der Waals surface area contributed by atoms with Crippen LogP contribution in [0.1, 0.15) is 4.88 Å². The number of amides is 2. The van der Waals surface area contributed by atoms with Crippen molar-refractivity contribution in [3.05, 3.63) is 57.1 Å². The van der Waals surface area contributed by atoms with Gasteiger partial charge in [-0.05, 0) is 23.6 Å². The van der Waals surface area contributed by atoms with E-state index < -0.39 is 29.1 Å². The molecule has 0 spiro atoms. The van der Waals surface area contributed by atoms with Gasteiger partial charge in [-0.15, -0.1) is 23.1 Å². The maximum atomic E-state index is 14.0. The topological polar surface area (TPSA) is 57.6 Å². The van der Waals surface area contributed by atoms with Crippen LogP contribution in [0, 0.1) is 11.6 Å². The van der Waals surface area contributed by atoms with E-state index in [1.165, 1.54) is 11.3 Å². The monoisotopic (exact) mass is 367 g/mol. The first kappa shape index (κ1) is 16.8. The quantitative estimate of drug-likeness (QED) is 0.826. The van der Waals surface area contributed by atoms with Crippen LogP contribution in [0.5, 0.6) is 0 Å². The Morgan fingerprint density at radius 3 is 2.62 bits per heavy atom. The number of carbonyl (C=O) groups is 2. The van der Waals surface area contributed by atoms with Crippen LogP contribution >= 0.6 is 23.1 Å². The molecule has 2 heterocycles. The molecule has 124 valence electrons. The van der Waals surface area contributed by atoms with Gasteiger partial charge in [-0.2, -0.15) is 0 Å². The SMILES string of the molecule is O=C1C(SCCO)=C(c2cccs2)C(=O)N1c1cc(F)ccc1F. The van der Waals surface area contributed by atoms with Gasteiger partial charge in [-0.1, -0.05) is 6.07 Å². The predicted molar refractivity (Wildman–Crippen MR) is 89.6 cm³/mol. The molecule has 2 amide bonds. The van der Waals surface area contributed by atoms with E-state index in [1.54, 1.807) is 17.5 Å². The Labute approximate surface area is 144 Å². The zero-order valence-corrected chi connectivity index (χ0v) is 13.8. The fraction of sp³-hybridized carbons (Fsp3) is 0.125. The second-order valence-electron chi connectivity index (χ2n) is 4.79. The summed E-state index contributed by atoms with van der Waals surface area (Å²) in [7, 11) is 0. The average molecular weight is 367 g/mol. The average Bonchev–Trinajstić information content (AvgIpc) is 3.15. The molecule has 0 aliphatic carbocycles. The molecule has 1 aromatic carbocycles. The summed E-state index contributed by atoms with van der Waals surface area (Å²) in [6, 6.07) is 6.01. The number of aliphatic hydroxyl groups excluding tert-OH is 1. The van der Waals surface area contributed by atoms with E-state index in [0.717, 1.165) is 30.0 Å². The molecule has 0 fully saturated rings. The number of imide groups is 1. The van der Waals surface area contributed by atoms with Gasteiger partial charge in [0.05, 0.1) is 22.8 Å². The largest absolute Gasteiger partial charge is 0.396 e. The van der Waals surface area contributed by atoms with Gasteiger partial charge < -0.3 is 5.11 Å². The number of aliphatic hydroxyl groups is 1. The molecule has 8 heteroatoms. The van der Waals surface area contributed by atoms with Crippen LogP contribution < -0.4 is 4.90 Å². The minimum absolute atomic E-state index is 0.125. The summed E-state index contributed by atoms with van der Waals surface area (Å²) in [5, 5.41) is 10.7. The smallest absolute Gasteiger partial charge is 0.272 e. The van der Waals surface area contributed by atoms with Crippen LogP contribution in [-0.4, -0.2) is 29.3 Å². The van der Waals surface area contributed by atoms with Crippen molar-refractivity contribution in [3.63, 3.8) is 0 Å². The molecule has 0 radical (unpaired) electrons. The highest BCUT2D eigenvalue weighted by atomic mass is 32.2. The number of thioether (sulfide) groups is 1. The lowest BCUT2D eigenvalue weighted by Crippen LogP contribution is -2.32. The van der Waals surface area contributed by atoms with E-state index in [0.29, 0.717) is 9.78 Å². The summed E-state index contributed by atoms with van der Waals surface area (Å²) in [6.45, 7) is -0.179. The first-order valence-corrected chi connectivity index (χ1v) is 8.76. The van der Waals surface area contributed by atoms with E-state index in [4.69, 9.17) is 5.11 Å². The summed E-state index contributed by atoms with van der Waals surface area (Å²) in [4.78, 5) is 26.7. The van der Waals surface area contributed by atoms with E-state index >= 15 is 0 Å². The van der Waals surface area contributed by atoms with Crippen LogP contribution in [-0.2, 0) is 9.59 Å². The van der Waals surface area contributed by atoms with Gasteiger partial charge in [0.25, 0.3) is 11.8 Å². The summed E-state index contributed by atoms with van der Waals surface area (Å²) < 4.78 is 27.5. The standard InChI is InChI=1S/C16H11F2NO3S2/c17-9-3-4-10(18)11(8-9)19-15(21)13(12-2-1-6-23-12)14(16(19)22)24-7-5-20/h1-4,6,8,20H,5,7H2. The molecule has 1 aliphatic rings. The number of halogens is 2. The molecular weight excluding hydrogens is 356 g/mol. The van der Waals surface area contributed by atoms with Gasteiger partial charge >= 0.3 is 0 Å². The number of nitrogens with zero attached hydrogens (tertiary/aromatic N) is 1. The molecule has 0 bridgehead atoms. The van der Waals surface area contributed by atoms with Crippen molar-refractivity contribution in [2.24, 2.45) is 0 Å². The molecule has 0 saturated heterocycles. The van der Waals surface area contributed by atoms with Crippen molar-refractivity contribution in [2.75, 3.05) is 17.3 Å². The van der Waals surface area contributed by atoms with E-state index in [-0.39, 0.29) is 22.8 Å². The van der Waals surface area contributed by atoms with Gasteiger partial charge in [0.1, 0.15) is 11.6 Å². The summed E-state index contributed by atoms with van der Waals surface area (Å²) >= 11 is 2.29. The maximum absolute atomic E-state index is 14.0. The van der Waals surface area contributed by atoms with Gasteiger partial charge in [-0.3, -0.25) is 9.59 Å². The highest BCUT2D eigenvalue weighted by Gasteiger charge is 2.41. The van der Waals surface area contributed by atoms with Gasteiger partial charge in [-0.25, -0.2) is 13.7 Å². The lowest BCUT2D eigenvalue weighted by Gasteiger charge is -2.15. The summed E-state index contributed by atoms with van der Waals surface area (Å²) in [5.74, 6) is -2.82. The van der Waals surface area contributed by atoms with Crippen molar-refractivity contribution in [3.8, 4) is 0 Å². The van der Waals surface area contributed by atoms with E-state index in [2.05, 4.69) is 0 Å². The highest BCUT2D eigenvalue weighted by Crippen LogP contribution is 2.40. The number of hydrogen-bond donors (Lipinski definition) is 1. The maximum Gasteiger partial charge on any atom is 0.272 e. The molecule has 24 heavy (non-hydrogen) atoms. The van der Waals surface area contributed by atoms with Crippen molar-refractivity contribution in [1.29, 1.82) is 0 Å². The van der Waals surface area contributed by atoms with Crippen LogP contribution in [0.25, 0.3) is 5.57 Å². The molecule has 3 rings (SSSR count). The van der Waals surface area contributed by atoms with Crippen LogP contribution in [0.2, 0.25) is 0 Å². The Balaban J connectivity index is 2.09. The molecule has 0 atom stereocenters. The molecule has 1 aromatic heterocycles. The predicted octanol–water partition coefficient (Wildman–Crippen LogP) is 3.04. The second-order valence-corrected chi connectivity index (χ2v) is 6.85. The third-order valence-electron chi connectivity index (χ3n) is 3.30. The second kappa shape index (κ2) is 6.84. The fourth-order valence-electron chi connectivity index (χ4n) is 2.31. The molecule has 4 nitrogen and oxygen atoms in total. The highest BCUT2D eigenvalue weighted by molar-refractivity contribution is 8.04. The van der Waals surface area contributed by atoms with Crippen LogP contribution in [0.3, 0.4) is 0 Å². The van der Waals surface area contributed by atoms with Gasteiger partial charge in [0.2, 0.25) is 0 Å². The Kier molecular flexibility index (Phi) is 4.79. The molecule has 0 unspecified atom stereocenters. The zero-order chi connectivity index (χ0) is 17.3. The molecule has 1 N–H and O–H groups in total. The van der Waals surface area contributed by atoms with Crippen LogP contribution in [0.4, 0.5) is 14.5 Å². The number of benzene rings is 1. The first-order chi connectivity index (χ1) is 11.5. The number of thiophene rings is 1. The molecular formula is C16H11F2NO3S2. The third-order valence-corrected chi connectivity index (χ3v) is 5.24. The lowest BCUT2D eigenvalue weighted by atomic mass is 10.2. The minimum atomic E-state index is -0.864. The first-order valence-electron chi connectivity index (χ1n) is 6.90. The fourth-order valence-corrected chi connectivity index (χ4v) is 3.99. The Morgan fingerprint density at radius 1 is 1.17 bits per heavy atom. The van der Waals surface area contributed by atoms with Crippen LogP contribution in [0.15, 0.2) is 40.6 Å². The van der Waals surface area contributed by atoms with Gasteiger partial charge in [0.15, 0.2) is 0 Å². The van der Waals surface area contributed by atoms with Crippen molar-refractivity contribution < 1.29 is 23.5 Å². The lowest BCUT2D eigenvalue weighted by molar-refractivity contribution is -0.119. The van der Waals surface area contributed by atoms with Crippen molar-refractivity contribution in [2.45, 2.75) is 0 Å². The number of carbonyl (C=O) groups excluding carboxylic acids is 2. The van der Waals surface area contributed by atoms with Gasteiger partial charge in [0, 0.05) is 16.7 Å². The van der Waals surface area contributed by atoms with E-state index in [9.17, 15) is 18.4 Å². The normalized spacial score (nSPS) is 14.9. The summed E-state index contributed by atoms with van der Waals surface area (Å²) in [6.07, 6.45) is 0. The number of rotatable bonds is 5. The third kappa shape index (κ3) is 2.88. The number of anilines is 1. The Hall–Kier alpha value is -2.03. The van der Waals surface area contributed by atoms with Crippen molar-refractivity contribution in [1.82, 2.24) is 0 Å². The number of hydrogen-bond acceptors (Lipinski definition) is 5.